The van der Waals surface area contributed by atoms with Gasteiger partial charge in [-0.25, -0.2) is 0 Å². The Labute approximate surface area is 133 Å². The highest BCUT2D eigenvalue weighted by molar-refractivity contribution is 5.83. The Kier molecular flexibility index (Phi) is 3.69. The lowest BCUT2D eigenvalue weighted by Gasteiger charge is -2.32. The van der Waals surface area contributed by atoms with E-state index in [0.717, 1.165) is 38.5 Å². The number of hydrogen-bond acceptors (Lipinski definition) is 2. The Balaban J connectivity index is 1.28. The van der Waals surface area contributed by atoms with Crippen LogP contribution in [0.4, 0.5) is 0 Å². The molecule has 0 bridgehead atoms. The average Bonchev–Trinajstić information content (AvgIpc) is 3.05. The lowest BCUT2D eigenvalue weighted by Crippen LogP contribution is -2.40. The fraction of sp³-hybridized carbons (Fsp3) is 0.632. The van der Waals surface area contributed by atoms with Gasteiger partial charge >= 0.3 is 0 Å². The molecule has 1 amide bonds. The molecule has 2 unspecified atom stereocenters. The Hall–Kier alpha value is -1.35. The van der Waals surface area contributed by atoms with Crippen LogP contribution in [0, 0.1) is 17.3 Å². The summed E-state index contributed by atoms with van der Waals surface area (Å²) in [6.45, 7) is 4.10. The van der Waals surface area contributed by atoms with Gasteiger partial charge in [-0.1, -0.05) is 30.3 Å². The number of hydrogen-bond donors (Lipinski definition) is 1. The summed E-state index contributed by atoms with van der Waals surface area (Å²) in [7, 11) is 0. The molecule has 0 aromatic heterocycles. The molecule has 2 atom stereocenters. The lowest BCUT2D eigenvalue weighted by atomic mass is 9.90. The third kappa shape index (κ3) is 2.67. The van der Waals surface area contributed by atoms with Crippen LogP contribution in [0.25, 0.3) is 0 Å². The molecule has 1 saturated carbocycles. The lowest BCUT2D eigenvalue weighted by molar-refractivity contribution is -0.134. The molecule has 1 N–H and O–H groups in total. The zero-order chi connectivity index (χ0) is 15.0. The highest BCUT2D eigenvalue weighted by atomic mass is 16.2. The van der Waals surface area contributed by atoms with Crippen molar-refractivity contribution in [3.05, 3.63) is 35.9 Å². The maximum atomic E-state index is 12.7. The van der Waals surface area contributed by atoms with Crippen molar-refractivity contribution >= 4 is 5.91 Å². The van der Waals surface area contributed by atoms with E-state index in [2.05, 4.69) is 40.5 Å². The van der Waals surface area contributed by atoms with E-state index in [1.807, 2.05) is 0 Å². The van der Waals surface area contributed by atoms with E-state index in [9.17, 15) is 4.79 Å². The highest BCUT2D eigenvalue weighted by Gasteiger charge is 2.59. The molecule has 4 rings (SSSR count). The standard InChI is InChI=1S/C19H26N2O/c22-18(17-13-19(17)8-9-20-14-19)21-10-6-16(7-11-21)12-15-4-2-1-3-5-15/h1-5,16-17,20H,6-14H2. The number of benzene rings is 1. The quantitative estimate of drug-likeness (QED) is 0.930. The summed E-state index contributed by atoms with van der Waals surface area (Å²) < 4.78 is 0. The largest absolute Gasteiger partial charge is 0.342 e. The zero-order valence-electron chi connectivity index (χ0n) is 13.3. The number of nitrogens with one attached hydrogen (secondary N) is 1. The van der Waals surface area contributed by atoms with Gasteiger partial charge in [0.1, 0.15) is 0 Å². The smallest absolute Gasteiger partial charge is 0.226 e. The van der Waals surface area contributed by atoms with Gasteiger partial charge in [0, 0.05) is 25.6 Å². The third-order valence-electron chi connectivity index (χ3n) is 6.06. The van der Waals surface area contributed by atoms with E-state index in [-0.39, 0.29) is 0 Å². The molecular formula is C19H26N2O. The van der Waals surface area contributed by atoms with E-state index in [0.29, 0.717) is 17.2 Å². The molecule has 1 aromatic carbocycles. The van der Waals surface area contributed by atoms with Gasteiger partial charge in [-0.15, -0.1) is 0 Å². The monoisotopic (exact) mass is 298 g/mol. The summed E-state index contributed by atoms with van der Waals surface area (Å²) in [6, 6.07) is 10.8. The van der Waals surface area contributed by atoms with Crippen molar-refractivity contribution in [2.75, 3.05) is 26.2 Å². The van der Waals surface area contributed by atoms with Crippen LogP contribution in [-0.4, -0.2) is 37.0 Å². The van der Waals surface area contributed by atoms with Crippen molar-refractivity contribution in [1.29, 1.82) is 0 Å². The van der Waals surface area contributed by atoms with Crippen molar-refractivity contribution in [3.8, 4) is 0 Å². The molecule has 1 aromatic rings. The van der Waals surface area contributed by atoms with Crippen LogP contribution >= 0.6 is 0 Å². The highest BCUT2D eigenvalue weighted by Crippen LogP contribution is 2.57. The molecule has 1 aliphatic carbocycles. The molecular weight excluding hydrogens is 272 g/mol. The average molecular weight is 298 g/mol. The second kappa shape index (κ2) is 5.69. The molecule has 0 radical (unpaired) electrons. The normalized spacial score (nSPS) is 31.6. The number of likely N-dealkylation sites (tertiary alicyclic amines) is 1. The first-order chi connectivity index (χ1) is 10.8. The third-order valence-corrected chi connectivity index (χ3v) is 6.06. The number of carbonyl (C=O) groups excluding carboxylic acids is 1. The first-order valence-electron chi connectivity index (χ1n) is 8.80. The number of rotatable bonds is 3. The molecule has 3 aliphatic rings. The molecule has 3 fully saturated rings. The van der Waals surface area contributed by atoms with Crippen LogP contribution < -0.4 is 5.32 Å². The summed E-state index contributed by atoms with van der Waals surface area (Å²) in [5.41, 5.74) is 1.78. The molecule has 3 heteroatoms. The van der Waals surface area contributed by atoms with Crippen molar-refractivity contribution in [3.63, 3.8) is 0 Å². The zero-order valence-corrected chi connectivity index (χ0v) is 13.3. The van der Waals surface area contributed by atoms with Crippen LogP contribution in [0.1, 0.15) is 31.2 Å². The van der Waals surface area contributed by atoms with Crippen LogP contribution in [-0.2, 0) is 11.2 Å². The van der Waals surface area contributed by atoms with Crippen LogP contribution in [0.5, 0.6) is 0 Å². The van der Waals surface area contributed by atoms with Gasteiger partial charge < -0.3 is 10.2 Å². The van der Waals surface area contributed by atoms with E-state index in [1.54, 1.807) is 0 Å². The van der Waals surface area contributed by atoms with Crippen molar-refractivity contribution in [1.82, 2.24) is 10.2 Å². The number of piperidine rings is 1. The Morgan fingerprint density at radius 1 is 1.23 bits per heavy atom. The second-order valence-corrected chi connectivity index (χ2v) is 7.50. The Morgan fingerprint density at radius 2 is 2.00 bits per heavy atom. The van der Waals surface area contributed by atoms with Gasteiger partial charge in [-0.3, -0.25) is 4.79 Å². The van der Waals surface area contributed by atoms with Gasteiger partial charge in [-0.2, -0.15) is 0 Å². The van der Waals surface area contributed by atoms with Crippen molar-refractivity contribution in [2.45, 2.75) is 32.1 Å². The molecule has 1 spiro atoms. The molecule has 2 aliphatic heterocycles. The number of nitrogens with zero attached hydrogens (tertiary/aromatic N) is 1. The Bertz CT molecular complexity index is 528. The predicted molar refractivity (Wildman–Crippen MR) is 87.5 cm³/mol. The van der Waals surface area contributed by atoms with Gasteiger partial charge in [0.05, 0.1) is 0 Å². The maximum absolute atomic E-state index is 12.7. The number of amides is 1. The van der Waals surface area contributed by atoms with E-state index < -0.39 is 0 Å². The van der Waals surface area contributed by atoms with E-state index >= 15 is 0 Å². The Morgan fingerprint density at radius 3 is 2.68 bits per heavy atom. The SMILES string of the molecule is O=C(C1CC12CCNC2)N1CCC(Cc2ccccc2)CC1. The van der Waals surface area contributed by atoms with Crippen LogP contribution in [0.3, 0.4) is 0 Å². The van der Waals surface area contributed by atoms with Crippen molar-refractivity contribution in [2.24, 2.45) is 17.3 Å². The topological polar surface area (TPSA) is 32.3 Å². The summed E-state index contributed by atoms with van der Waals surface area (Å²) >= 11 is 0. The number of carbonyl (C=O) groups is 1. The minimum Gasteiger partial charge on any atom is -0.342 e. The second-order valence-electron chi connectivity index (χ2n) is 7.50. The van der Waals surface area contributed by atoms with Crippen molar-refractivity contribution < 1.29 is 4.79 Å². The molecule has 2 heterocycles. The van der Waals surface area contributed by atoms with Crippen LogP contribution in [0.15, 0.2) is 30.3 Å². The van der Waals surface area contributed by atoms with Gasteiger partial charge in [-0.05, 0) is 55.5 Å². The van der Waals surface area contributed by atoms with Gasteiger partial charge in [0.15, 0.2) is 0 Å². The fourth-order valence-electron chi connectivity index (χ4n) is 4.46. The van der Waals surface area contributed by atoms with Gasteiger partial charge in [0.25, 0.3) is 0 Å². The van der Waals surface area contributed by atoms with Crippen LogP contribution in [0.2, 0.25) is 0 Å². The minimum absolute atomic E-state index is 0.327. The van der Waals surface area contributed by atoms with E-state index in [4.69, 9.17) is 0 Å². The molecule has 22 heavy (non-hydrogen) atoms. The summed E-state index contributed by atoms with van der Waals surface area (Å²) in [6.07, 6.45) is 5.83. The molecule has 3 nitrogen and oxygen atoms in total. The van der Waals surface area contributed by atoms with Gasteiger partial charge in [0.2, 0.25) is 5.91 Å². The minimum atomic E-state index is 0.327. The first-order valence-corrected chi connectivity index (χ1v) is 8.80. The molecule has 2 saturated heterocycles. The fourth-order valence-corrected chi connectivity index (χ4v) is 4.46. The summed E-state index contributed by atoms with van der Waals surface area (Å²) in [5, 5.41) is 3.43. The summed E-state index contributed by atoms with van der Waals surface area (Å²) in [4.78, 5) is 14.8. The maximum Gasteiger partial charge on any atom is 0.226 e. The first kappa shape index (κ1) is 14.3. The predicted octanol–water partition coefficient (Wildman–Crippen LogP) is 2.47. The van der Waals surface area contributed by atoms with E-state index in [1.165, 1.54) is 31.2 Å². The molecule has 118 valence electrons. The summed E-state index contributed by atoms with van der Waals surface area (Å²) in [5.74, 6) is 1.52.